The molecule has 1 aliphatic rings. The number of halogens is 1. The monoisotopic (exact) mass is 284 g/mol. The molecule has 1 saturated carbocycles. The lowest BCUT2D eigenvalue weighted by molar-refractivity contribution is 0.102. The highest BCUT2D eigenvalue weighted by atomic mass is 35.5. The second-order valence-electron chi connectivity index (χ2n) is 4.60. The molecule has 2 rings (SSSR count). The first-order valence-corrected chi connectivity index (χ1v) is 6.72. The van der Waals surface area contributed by atoms with Gasteiger partial charge in [0, 0.05) is 25.4 Å². The van der Waals surface area contributed by atoms with Crippen LogP contribution in [-0.4, -0.2) is 40.3 Å². The molecule has 1 aromatic heterocycles. The standard InChI is InChI=1S/C13H17ClN2O3/c14-12-8-10(4-5-15-12)9-19-7-1-6-16(13(17)18)11-2-3-11/h4-5,8,11H,1-3,6-7,9H2,(H,17,18). The molecular formula is C13H17ClN2O3. The molecule has 0 aromatic carbocycles. The highest BCUT2D eigenvalue weighted by Crippen LogP contribution is 2.26. The zero-order chi connectivity index (χ0) is 13.7. The molecule has 0 unspecified atom stereocenters. The van der Waals surface area contributed by atoms with Crippen molar-refractivity contribution in [3.8, 4) is 0 Å². The Bertz CT molecular complexity index is 438. The van der Waals surface area contributed by atoms with Crippen molar-refractivity contribution in [2.24, 2.45) is 0 Å². The summed E-state index contributed by atoms with van der Waals surface area (Å²) in [6, 6.07) is 3.84. The summed E-state index contributed by atoms with van der Waals surface area (Å²) in [5, 5.41) is 9.46. The third kappa shape index (κ3) is 4.69. The molecule has 1 amide bonds. The third-order valence-corrected chi connectivity index (χ3v) is 3.19. The summed E-state index contributed by atoms with van der Waals surface area (Å²) >= 11 is 5.76. The van der Waals surface area contributed by atoms with Crippen LogP contribution >= 0.6 is 11.6 Å². The fourth-order valence-corrected chi connectivity index (χ4v) is 2.08. The van der Waals surface area contributed by atoms with E-state index in [0.717, 1.165) is 18.4 Å². The first-order valence-electron chi connectivity index (χ1n) is 6.34. The molecule has 0 radical (unpaired) electrons. The van der Waals surface area contributed by atoms with Crippen LogP contribution in [-0.2, 0) is 11.3 Å². The van der Waals surface area contributed by atoms with E-state index >= 15 is 0 Å². The number of amides is 1. The number of pyridine rings is 1. The fourth-order valence-electron chi connectivity index (χ4n) is 1.88. The molecule has 0 saturated heterocycles. The maximum atomic E-state index is 11.0. The van der Waals surface area contributed by atoms with Gasteiger partial charge in [0.15, 0.2) is 0 Å². The summed E-state index contributed by atoms with van der Waals surface area (Å²) in [7, 11) is 0. The van der Waals surface area contributed by atoms with Crippen LogP contribution in [0.25, 0.3) is 0 Å². The number of nitrogens with zero attached hydrogens (tertiary/aromatic N) is 2. The maximum Gasteiger partial charge on any atom is 0.407 e. The lowest BCUT2D eigenvalue weighted by Crippen LogP contribution is -2.33. The molecule has 0 bridgehead atoms. The molecular weight excluding hydrogens is 268 g/mol. The van der Waals surface area contributed by atoms with E-state index in [0.29, 0.717) is 31.3 Å². The molecule has 5 nitrogen and oxygen atoms in total. The topological polar surface area (TPSA) is 62.7 Å². The first kappa shape index (κ1) is 14.1. The summed E-state index contributed by atoms with van der Waals surface area (Å²) < 4.78 is 5.50. The van der Waals surface area contributed by atoms with Gasteiger partial charge in [-0.2, -0.15) is 0 Å². The van der Waals surface area contributed by atoms with E-state index in [2.05, 4.69) is 4.98 Å². The maximum absolute atomic E-state index is 11.0. The first-order chi connectivity index (χ1) is 9.16. The van der Waals surface area contributed by atoms with Gasteiger partial charge >= 0.3 is 6.09 Å². The predicted octanol–water partition coefficient (Wildman–Crippen LogP) is 2.78. The Morgan fingerprint density at radius 2 is 2.37 bits per heavy atom. The Morgan fingerprint density at radius 1 is 1.58 bits per heavy atom. The lowest BCUT2D eigenvalue weighted by Gasteiger charge is -2.18. The van der Waals surface area contributed by atoms with Crippen molar-refractivity contribution < 1.29 is 14.6 Å². The van der Waals surface area contributed by atoms with Crippen LogP contribution in [0.5, 0.6) is 0 Å². The Morgan fingerprint density at radius 3 is 3.00 bits per heavy atom. The van der Waals surface area contributed by atoms with E-state index in [1.807, 2.05) is 6.07 Å². The lowest BCUT2D eigenvalue weighted by atomic mass is 10.3. The number of carboxylic acid groups (broad SMARTS) is 1. The van der Waals surface area contributed by atoms with Crippen molar-refractivity contribution in [3.63, 3.8) is 0 Å². The van der Waals surface area contributed by atoms with E-state index in [4.69, 9.17) is 21.4 Å². The Kier molecular flexibility index (Phi) is 4.99. The highest BCUT2D eigenvalue weighted by molar-refractivity contribution is 6.29. The summed E-state index contributed by atoms with van der Waals surface area (Å²) in [5.74, 6) is 0. The minimum Gasteiger partial charge on any atom is -0.465 e. The van der Waals surface area contributed by atoms with E-state index < -0.39 is 6.09 Å². The number of hydrogen-bond donors (Lipinski definition) is 1. The Labute approximate surface area is 117 Å². The van der Waals surface area contributed by atoms with Crippen LogP contribution in [0.2, 0.25) is 5.15 Å². The van der Waals surface area contributed by atoms with Crippen molar-refractivity contribution in [3.05, 3.63) is 29.0 Å². The van der Waals surface area contributed by atoms with E-state index in [1.165, 1.54) is 4.90 Å². The van der Waals surface area contributed by atoms with Crippen molar-refractivity contribution >= 4 is 17.7 Å². The molecule has 1 N–H and O–H groups in total. The average molecular weight is 285 g/mol. The molecule has 1 fully saturated rings. The van der Waals surface area contributed by atoms with Crippen molar-refractivity contribution in [2.75, 3.05) is 13.2 Å². The minimum absolute atomic E-state index is 0.233. The second-order valence-corrected chi connectivity index (χ2v) is 4.99. The predicted molar refractivity (Wildman–Crippen MR) is 71.3 cm³/mol. The largest absolute Gasteiger partial charge is 0.465 e. The number of ether oxygens (including phenoxy) is 1. The zero-order valence-corrected chi connectivity index (χ0v) is 11.3. The van der Waals surface area contributed by atoms with Gasteiger partial charge in [0.1, 0.15) is 5.15 Å². The molecule has 0 atom stereocenters. The molecule has 1 heterocycles. The van der Waals surface area contributed by atoms with Crippen molar-refractivity contribution in [1.29, 1.82) is 0 Å². The van der Waals surface area contributed by atoms with Crippen LogP contribution in [0.15, 0.2) is 18.3 Å². The fraction of sp³-hybridized carbons (Fsp3) is 0.538. The van der Waals surface area contributed by atoms with Crippen LogP contribution in [0.3, 0.4) is 0 Å². The van der Waals surface area contributed by atoms with Crippen molar-refractivity contribution in [2.45, 2.75) is 31.9 Å². The smallest absolute Gasteiger partial charge is 0.407 e. The van der Waals surface area contributed by atoms with Gasteiger partial charge in [0.2, 0.25) is 0 Å². The van der Waals surface area contributed by atoms with Gasteiger partial charge in [-0.15, -0.1) is 0 Å². The molecule has 0 aliphatic heterocycles. The number of aromatic nitrogens is 1. The number of rotatable bonds is 7. The number of carbonyl (C=O) groups is 1. The van der Waals surface area contributed by atoms with Gasteiger partial charge in [-0.3, -0.25) is 0 Å². The van der Waals surface area contributed by atoms with Gasteiger partial charge in [0.25, 0.3) is 0 Å². The zero-order valence-electron chi connectivity index (χ0n) is 10.6. The van der Waals surface area contributed by atoms with Gasteiger partial charge in [-0.1, -0.05) is 11.6 Å². The van der Waals surface area contributed by atoms with E-state index in [9.17, 15) is 4.79 Å². The SMILES string of the molecule is O=C(O)N(CCCOCc1ccnc(Cl)c1)C1CC1. The van der Waals surface area contributed by atoms with E-state index in [-0.39, 0.29) is 6.04 Å². The van der Waals surface area contributed by atoms with Gasteiger partial charge in [-0.05, 0) is 37.0 Å². The quantitative estimate of drug-likeness (QED) is 0.618. The molecule has 0 spiro atoms. The molecule has 6 heteroatoms. The van der Waals surface area contributed by atoms with Gasteiger partial charge < -0.3 is 14.7 Å². The Balaban J connectivity index is 1.62. The van der Waals surface area contributed by atoms with Crippen LogP contribution in [0.4, 0.5) is 4.79 Å². The van der Waals surface area contributed by atoms with Crippen molar-refractivity contribution in [1.82, 2.24) is 9.88 Å². The summed E-state index contributed by atoms with van der Waals surface area (Å²) in [5.41, 5.74) is 0.970. The molecule has 1 aromatic rings. The second kappa shape index (κ2) is 6.73. The summed E-state index contributed by atoms with van der Waals surface area (Å²) in [6.45, 7) is 1.55. The normalized spacial score (nSPS) is 14.4. The van der Waals surface area contributed by atoms with Gasteiger partial charge in [0.05, 0.1) is 6.61 Å². The summed E-state index contributed by atoms with van der Waals surface area (Å²) in [6.07, 6.45) is 3.50. The third-order valence-electron chi connectivity index (χ3n) is 2.98. The average Bonchev–Trinajstić information content (AvgIpc) is 3.17. The molecule has 19 heavy (non-hydrogen) atoms. The van der Waals surface area contributed by atoms with Crippen LogP contribution in [0, 0.1) is 0 Å². The van der Waals surface area contributed by atoms with Crippen LogP contribution < -0.4 is 0 Å². The highest BCUT2D eigenvalue weighted by Gasteiger charge is 2.31. The Hall–Kier alpha value is -1.33. The van der Waals surface area contributed by atoms with Gasteiger partial charge in [-0.25, -0.2) is 9.78 Å². The number of hydrogen-bond acceptors (Lipinski definition) is 3. The van der Waals surface area contributed by atoms with Crippen LogP contribution in [0.1, 0.15) is 24.8 Å². The molecule has 104 valence electrons. The molecule has 1 aliphatic carbocycles. The minimum atomic E-state index is -0.830. The summed E-state index contributed by atoms with van der Waals surface area (Å²) in [4.78, 5) is 16.4. The van der Waals surface area contributed by atoms with E-state index in [1.54, 1.807) is 12.3 Å².